The Balaban J connectivity index is 0.00000320. The number of oxazole rings is 1. The van der Waals surface area contributed by atoms with E-state index in [1.807, 2.05) is 48.5 Å². The van der Waals surface area contributed by atoms with Gasteiger partial charge in [-0.2, -0.15) is 0 Å². The molecule has 0 radical (unpaired) electrons. The molecule has 0 aliphatic heterocycles. The molecule has 3 rings (SSSR count). The molecular formula is C23H27IN4O2. The normalized spacial score (nSPS) is 10.8. The average molecular weight is 518 g/mol. The van der Waals surface area contributed by atoms with Crippen LogP contribution in [0, 0.1) is 6.92 Å². The summed E-state index contributed by atoms with van der Waals surface area (Å²) in [5.74, 6) is 2.11. The van der Waals surface area contributed by atoms with Crippen molar-refractivity contribution in [2.45, 2.75) is 20.0 Å². The zero-order valence-corrected chi connectivity index (χ0v) is 19.6. The number of ether oxygens (including phenoxy) is 1. The van der Waals surface area contributed by atoms with Crippen molar-refractivity contribution in [1.82, 2.24) is 15.6 Å². The lowest BCUT2D eigenvalue weighted by molar-refractivity contribution is 0.358. The number of para-hydroxylation sites is 1. The topological polar surface area (TPSA) is 71.7 Å². The summed E-state index contributed by atoms with van der Waals surface area (Å²) in [5.41, 5.74) is 4.01. The van der Waals surface area contributed by atoms with Crippen LogP contribution in [-0.4, -0.2) is 24.6 Å². The number of rotatable bonds is 8. The van der Waals surface area contributed by atoms with Crippen LogP contribution in [0.25, 0.3) is 11.5 Å². The number of nitrogens with zero attached hydrogens (tertiary/aromatic N) is 2. The average Bonchev–Trinajstić information content (AvgIpc) is 3.22. The van der Waals surface area contributed by atoms with Crippen LogP contribution < -0.4 is 15.4 Å². The number of benzene rings is 2. The lowest BCUT2D eigenvalue weighted by Crippen LogP contribution is -2.36. The molecule has 3 aromatic rings. The maximum atomic E-state index is 5.69. The van der Waals surface area contributed by atoms with Gasteiger partial charge in [0.1, 0.15) is 18.6 Å². The highest BCUT2D eigenvalue weighted by molar-refractivity contribution is 14.0. The van der Waals surface area contributed by atoms with Crippen molar-refractivity contribution in [2.24, 2.45) is 4.99 Å². The number of aliphatic imine (C=N–C) groups is 1. The monoisotopic (exact) mass is 518 g/mol. The summed E-state index contributed by atoms with van der Waals surface area (Å²) in [6.45, 7) is 7.30. The van der Waals surface area contributed by atoms with Crippen LogP contribution in [0.1, 0.15) is 16.8 Å². The standard InChI is InChI=1S/C23H26N4O2.HI/c1-4-13-28-21-8-6-5-7-19(21)14-25-23(24-3)26-15-20-16-29-22(27-20)18-11-9-17(2)10-12-18;/h4-12,16H,1,13-15H2,2-3H3,(H2,24,25,26);1H. The zero-order chi connectivity index (χ0) is 20.5. The smallest absolute Gasteiger partial charge is 0.226 e. The van der Waals surface area contributed by atoms with Crippen LogP contribution in [0.4, 0.5) is 0 Å². The van der Waals surface area contributed by atoms with Gasteiger partial charge in [-0.3, -0.25) is 4.99 Å². The fourth-order valence-electron chi connectivity index (χ4n) is 2.73. The molecule has 0 amide bonds. The Morgan fingerprint density at radius 2 is 1.87 bits per heavy atom. The van der Waals surface area contributed by atoms with Crippen molar-refractivity contribution in [2.75, 3.05) is 13.7 Å². The zero-order valence-electron chi connectivity index (χ0n) is 17.2. The number of aromatic nitrogens is 1. The number of halogens is 1. The summed E-state index contributed by atoms with van der Waals surface area (Å²) in [4.78, 5) is 8.80. The van der Waals surface area contributed by atoms with E-state index in [2.05, 4.69) is 34.1 Å². The third kappa shape index (κ3) is 6.62. The highest BCUT2D eigenvalue weighted by Gasteiger charge is 2.08. The van der Waals surface area contributed by atoms with E-state index in [0.29, 0.717) is 31.5 Å². The number of guanidine groups is 1. The van der Waals surface area contributed by atoms with E-state index in [9.17, 15) is 0 Å². The number of nitrogens with one attached hydrogen (secondary N) is 2. The van der Waals surface area contributed by atoms with Gasteiger partial charge in [-0.1, -0.05) is 48.6 Å². The lowest BCUT2D eigenvalue weighted by Gasteiger charge is -2.13. The summed E-state index contributed by atoms with van der Waals surface area (Å²) in [6, 6.07) is 16.0. The molecule has 1 aromatic heterocycles. The summed E-state index contributed by atoms with van der Waals surface area (Å²) >= 11 is 0. The van der Waals surface area contributed by atoms with Gasteiger partial charge >= 0.3 is 0 Å². The Kier molecular flexibility index (Phi) is 9.40. The second-order valence-electron chi connectivity index (χ2n) is 6.50. The van der Waals surface area contributed by atoms with Crippen LogP contribution in [0.2, 0.25) is 0 Å². The third-order valence-electron chi connectivity index (χ3n) is 4.29. The van der Waals surface area contributed by atoms with E-state index in [0.717, 1.165) is 22.6 Å². The maximum Gasteiger partial charge on any atom is 0.226 e. The third-order valence-corrected chi connectivity index (χ3v) is 4.29. The molecule has 1 heterocycles. The quantitative estimate of drug-likeness (QED) is 0.196. The van der Waals surface area contributed by atoms with Gasteiger partial charge in [-0.25, -0.2) is 4.98 Å². The molecule has 0 saturated heterocycles. The number of hydrogen-bond acceptors (Lipinski definition) is 4. The molecule has 0 aliphatic carbocycles. The van der Waals surface area contributed by atoms with Gasteiger partial charge in [-0.15, -0.1) is 24.0 Å². The first-order chi connectivity index (χ1) is 14.2. The highest BCUT2D eigenvalue weighted by atomic mass is 127. The lowest BCUT2D eigenvalue weighted by atomic mass is 10.1. The van der Waals surface area contributed by atoms with E-state index in [1.54, 1.807) is 19.4 Å². The molecule has 0 unspecified atom stereocenters. The van der Waals surface area contributed by atoms with Gasteiger partial charge in [0.25, 0.3) is 0 Å². The van der Waals surface area contributed by atoms with Gasteiger partial charge in [-0.05, 0) is 25.1 Å². The molecule has 30 heavy (non-hydrogen) atoms. The second-order valence-corrected chi connectivity index (χ2v) is 6.50. The number of aryl methyl sites for hydroxylation is 1. The van der Waals surface area contributed by atoms with E-state index in [4.69, 9.17) is 9.15 Å². The molecule has 158 valence electrons. The minimum absolute atomic E-state index is 0. The molecular weight excluding hydrogens is 491 g/mol. The van der Waals surface area contributed by atoms with Crippen LogP contribution in [0.3, 0.4) is 0 Å². The highest BCUT2D eigenvalue weighted by Crippen LogP contribution is 2.19. The predicted octanol–water partition coefficient (Wildman–Crippen LogP) is 4.70. The maximum absolute atomic E-state index is 5.69. The molecule has 2 N–H and O–H groups in total. The molecule has 6 nitrogen and oxygen atoms in total. The fourth-order valence-corrected chi connectivity index (χ4v) is 2.73. The Hall–Kier alpha value is -2.81. The van der Waals surface area contributed by atoms with Gasteiger partial charge in [0.05, 0.1) is 12.2 Å². The van der Waals surface area contributed by atoms with Gasteiger partial charge in [0, 0.05) is 24.7 Å². The molecule has 2 aromatic carbocycles. The van der Waals surface area contributed by atoms with Crippen molar-refractivity contribution >= 4 is 29.9 Å². The first kappa shape index (κ1) is 23.5. The molecule has 0 aliphatic rings. The Morgan fingerprint density at radius 3 is 2.60 bits per heavy atom. The largest absolute Gasteiger partial charge is 0.489 e. The van der Waals surface area contributed by atoms with Crippen LogP contribution in [0.5, 0.6) is 5.75 Å². The molecule has 0 saturated carbocycles. The summed E-state index contributed by atoms with van der Waals surface area (Å²) in [7, 11) is 1.73. The van der Waals surface area contributed by atoms with Crippen molar-refractivity contribution in [3.8, 4) is 17.2 Å². The van der Waals surface area contributed by atoms with E-state index < -0.39 is 0 Å². The van der Waals surface area contributed by atoms with Crippen molar-refractivity contribution in [3.05, 3.63) is 84.3 Å². The molecule has 0 atom stereocenters. The summed E-state index contributed by atoms with van der Waals surface area (Å²) < 4.78 is 11.3. The van der Waals surface area contributed by atoms with E-state index in [1.165, 1.54) is 5.56 Å². The van der Waals surface area contributed by atoms with Crippen LogP contribution in [-0.2, 0) is 13.1 Å². The van der Waals surface area contributed by atoms with E-state index in [-0.39, 0.29) is 24.0 Å². The van der Waals surface area contributed by atoms with Gasteiger partial charge in [0.2, 0.25) is 5.89 Å². The Morgan fingerprint density at radius 1 is 1.13 bits per heavy atom. The summed E-state index contributed by atoms with van der Waals surface area (Å²) in [6.07, 6.45) is 3.39. The first-order valence-corrected chi connectivity index (χ1v) is 9.47. The first-order valence-electron chi connectivity index (χ1n) is 9.47. The Bertz CT molecular complexity index is 967. The minimum Gasteiger partial charge on any atom is -0.489 e. The van der Waals surface area contributed by atoms with Gasteiger partial charge in [0.15, 0.2) is 5.96 Å². The van der Waals surface area contributed by atoms with Crippen LogP contribution in [0.15, 0.2) is 76.9 Å². The van der Waals surface area contributed by atoms with Gasteiger partial charge < -0.3 is 19.8 Å². The molecule has 0 bridgehead atoms. The number of hydrogen-bond donors (Lipinski definition) is 2. The van der Waals surface area contributed by atoms with Crippen molar-refractivity contribution in [3.63, 3.8) is 0 Å². The SMILES string of the molecule is C=CCOc1ccccc1CNC(=NC)NCc1coc(-c2ccc(C)cc2)n1.I. The Labute approximate surface area is 194 Å². The molecule has 0 fully saturated rings. The fraction of sp³-hybridized carbons (Fsp3) is 0.217. The van der Waals surface area contributed by atoms with Crippen molar-refractivity contribution < 1.29 is 9.15 Å². The summed E-state index contributed by atoms with van der Waals surface area (Å²) in [5, 5.41) is 6.54. The molecule has 0 spiro atoms. The molecule has 7 heteroatoms. The van der Waals surface area contributed by atoms with Crippen LogP contribution >= 0.6 is 24.0 Å². The van der Waals surface area contributed by atoms with E-state index >= 15 is 0 Å². The van der Waals surface area contributed by atoms with Crippen molar-refractivity contribution in [1.29, 1.82) is 0 Å². The second kappa shape index (κ2) is 12.0. The minimum atomic E-state index is 0. The predicted molar refractivity (Wildman–Crippen MR) is 131 cm³/mol.